The minimum absolute atomic E-state index is 0.174. The van der Waals surface area contributed by atoms with E-state index in [1.807, 2.05) is 42.5 Å². The van der Waals surface area contributed by atoms with Gasteiger partial charge in [-0.25, -0.2) is 0 Å². The molecule has 0 spiro atoms. The quantitative estimate of drug-likeness (QED) is 0.442. The number of benzene rings is 2. The average Bonchev–Trinajstić information content (AvgIpc) is 2.59. The van der Waals surface area contributed by atoms with Gasteiger partial charge in [0.15, 0.2) is 0 Å². The third-order valence-corrected chi connectivity index (χ3v) is 3.60. The van der Waals surface area contributed by atoms with Crippen LogP contribution in [0.2, 0.25) is 0 Å². The first kappa shape index (κ1) is 16.7. The number of allylic oxidation sites excluding steroid dienone is 1. The van der Waals surface area contributed by atoms with Crippen LogP contribution in [0.1, 0.15) is 11.1 Å². The van der Waals surface area contributed by atoms with E-state index in [-0.39, 0.29) is 6.61 Å². The highest BCUT2D eigenvalue weighted by Gasteiger charge is 2.07. The molecule has 2 rings (SSSR count). The molecule has 0 aliphatic heterocycles. The van der Waals surface area contributed by atoms with Crippen molar-refractivity contribution in [1.82, 2.24) is 0 Å². The number of terminal acetylenes is 1. The molecular formula is C19H14BrNO2. The Bertz CT molecular complexity index is 796. The van der Waals surface area contributed by atoms with Gasteiger partial charge < -0.3 is 9.47 Å². The van der Waals surface area contributed by atoms with Crippen LogP contribution < -0.4 is 9.47 Å². The zero-order valence-electron chi connectivity index (χ0n) is 12.5. The second-order valence-electron chi connectivity index (χ2n) is 4.57. The van der Waals surface area contributed by atoms with Gasteiger partial charge in [-0.15, -0.1) is 6.42 Å². The van der Waals surface area contributed by atoms with Crippen molar-refractivity contribution in [2.75, 3.05) is 13.7 Å². The lowest BCUT2D eigenvalue weighted by Gasteiger charge is -2.08. The van der Waals surface area contributed by atoms with E-state index in [2.05, 4.69) is 27.9 Å². The molecule has 2 aromatic carbocycles. The molecule has 0 saturated carbocycles. The number of methoxy groups -OCH3 is 1. The van der Waals surface area contributed by atoms with Gasteiger partial charge in [0, 0.05) is 10.0 Å². The lowest BCUT2D eigenvalue weighted by Crippen LogP contribution is -1.96. The Morgan fingerprint density at radius 1 is 1.26 bits per heavy atom. The van der Waals surface area contributed by atoms with Crippen molar-refractivity contribution in [3.05, 3.63) is 58.1 Å². The van der Waals surface area contributed by atoms with Crippen LogP contribution in [0.3, 0.4) is 0 Å². The van der Waals surface area contributed by atoms with E-state index in [0.717, 1.165) is 21.3 Å². The van der Waals surface area contributed by atoms with Crippen LogP contribution in [0.5, 0.6) is 11.5 Å². The van der Waals surface area contributed by atoms with E-state index in [1.54, 1.807) is 13.2 Å². The van der Waals surface area contributed by atoms with Gasteiger partial charge in [0.2, 0.25) is 0 Å². The van der Waals surface area contributed by atoms with Crippen molar-refractivity contribution < 1.29 is 9.47 Å². The van der Waals surface area contributed by atoms with E-state index in [4.69, 9.17) is 15.9 Å². The summed E-state index contributed by atoms with van der Waals surface area (Å²) in [6.07, 6.45) is 7.01. The van der Waals surface area contributed by atoms with E-state index in [9.17, 15) is 5.26 Å². The van der Waals surface area contributed by atoms with Gasteiger partial charge in [-0.05, 0) is 54.1 Å². The summed E-state index contributed by atoms with van der Waals surface area (Å²) in [5, 5.41) is 9.47. The van der Waals surface area contributed by atoms with Crippen molar-refractivity contribution in [2.24, 2.45) is 0 Å². The summed E-state index contributed by atoms with van der Waals surface area (Å²) in [6.45, 7) is 0.174. The Balaban J connectivity index is 2.42. The molecule has 0 aromatic heterocycles. The fraction of sp³-hybridized carbons (Fsp3) is 0.105. The number of hydrogen-bond donors (Lipinski definition) is 0. The molecule has 0 aliphatic carbocycles. The lowest BCUT2D eigenvalue weighted by atomic mass is 10.0. The maximum atomic E-state index is 9.47. The first-order valence-corrected chi connectivity index (χ1v) is 7.59. The normalized spacial score (nSPS) is 10.5. The average molecular weight is 368 g/mol. The number of nitrogens with zero attached hydrogens (tertiary/aromatic N) is 1. The predicted molar refractivity (Wildman–Crippen MR) is 94.9 cm³/mol. The highest BCUT2D eigenvalue weighted by Crippen LogP contribution is 2.28. The molecule has 23 heavy (non-hydrogen) atoms. The molecule has 0 N–H and O–H groups in total. The van der Waals surface area contributed by atoms with Crippen molar-refractivity contribution in [1.29, 1.82) is 5.26 Å². The summed E-state index contributed by atoms with van der Waals surface area (Å²) in [7, 11) is 1.60. The van der Waals surface area contributed by atoms with Crippen molar-refractivity contribution in [3.8, 4) is 29.9 Å². The molecule has 0 unspecified atom stereocenters. The molecule has 0 atom stereocenters. The fourth-order valence-electron chi connectivity index (χ4n) is 1.99. The molecule has 0 saturated heterocycles. The Morgan fingerprint density at radius 3 is 2.61 bits per heavy atom. The van der Waals surface area contributed by atoms with Crippen molar-refractivity contribution in [3.63, 3.8) is 0 Å². The molecule has 4 heteroatoms. The van der Waals surface area contributed by atoms with Crippen LogP contribution >= 0.6 is 15.9 Å². The first-order valence-electron chi connectivity index (χ1n) is 6.80. The summed E-state index contributed by atoms with van der Waals surface area (Å²) in [5.41, 5.74) is 2.11. The maximum Gasteiger partial charge on any atom is 0.148 e. The first-order chi connectivity index (χ1) is 11.2. The zero-order chi connectivity index (χ0) is 16.7. The van der Waals surface area contributed by atoms with Gasteiger partial charge in [-0.3, -0.25) is 0 Å². The third-order valence-electron chi connectivity index (χ3n) is 3.10. The van der Waals surface area contributed by atoms with E-state index in [1.165, 1.54) is 0 Å². The molecule has 2 aromatic rings. The highest BCUT2D eigenvalue weighted by atomic mass is 79.9. The van der Waals surface area contributed by atoms with Gasteiger partial charge in [0.1, 0.15) is 18.1 Å². The predicted octanol–water partition coefficient (Wildman–Crippen LogP) is 4.53. The van der Waals surface area contributed by atoms with Crippen molar-refractivity contribution >= 4 is 27.6 Å². The molecule has 0 amide bonds. The second-order valence-corrected chi connectivity index (χ2v) is 5.49. The summed E-state index contributed by atoms with van der Waals surface area (Å²) in [5.74, 6) is 3.81. The van der Waals surface area contributed by atoms with Gasteiger partial charge >= 0.3 is 0 Å². The molecule has 0 radical (unpaired) electrons. The topological polar surface area (TPSA) is 42.2 Å². The number of hydrogen-bond acceptors (Lipinski definition) is 3. The SMILES string of the molecule is C#CCOc1ccc(Br)cc1/C=C(\C#N)c1ccc(OC)cc1. The van der Waals surface area contributed by atoms with E-state index >= 15 is 0 Å². The molecular weight excluding hydrogens is 354 g/mol. The smallest absolute Gasteiger partial charge is 0.148 e. The van der Waals surface area contributed by atoms with Crippen LogP contribution in [-0.4, -0.2) is 13.7 Å². The zero-order valence-corrected chi connectivity index (χ0v) is 14.1. The van der Waals surface area contributed by atoms with Gasteiger partial charge in [0.25, 0.3) is 0 Å². The Hall–Kier alpha value is -2.69. The molecule has 0 heterocycles. The minimum atomic E-state index is 0.174. The largest absolute Gasteiger partial charge is 0.497 e. The molecule has 0 aliphatic rings. The molecule has 0 fully saturated rings. The molecule has 3 nitrogen and oxygen atoms in total. The third kappa shape index (κ3) is 4.39. The van der Waals surface area contributed by atoms with Crippen LogP contribution in [-0.2, 0) is 0 Å². The fourth-order valence-corrected chi connectivity index (χ4v) is 2.37. The number of halogens is 1. The highest BCUT2D eigenvalue weighted by molar-refractivity contribution is 9.10. The van der Waals surface area contributed by atoms with Crippen LogP contribution in [0.15, 0.2) is 46.9 Å². The Labute approximate surface area is 144 Å². The maximum absolute atomic E-state index is 9.47. The number of nitriles is 1. The standard InChI is InChI=1S/C19H14BrNO2/c1-3-10-23-19-9-6-17(20)12-15(19)11-16(13-21)14-4-7-18(22-2)8-5-14/h1,4-9,11-12H,10H2,2H3/b16-11+. The number of rotatable bonds is 5. The molecule has 0 bridgehead atoms. The Kier molecular flexibility index (Phi) is 5.86. The van der Waals surface area contributed by atoms with Crippen LogP contribution in [0.25, 0.3) is 11.6 Å². The van der Waals surface area contributed by atoms with Crippen LogP contribution in [0.4, 0.5) is 0 Å². The second kappa shape index (κ2) is 8.08. The van der Waals surface area contributed by atoms with Gasteiger partial charge in [0.05, 0.1) is 18.8 Å². The van der Waals surface area contributed by atoms with E-state index < -0.39 is 0 Å². The van der Waals surface area contributed by atoms with Crippen LogP contribution in [0, 0.1) is 23.7 Å². The summed E-state index contributed by atoms with van der Waals surface area (Å²) >= 11 is 3.43. The van der Waals surface area contributed by atoms with Gasteiger partial charge in [-0.2, -0.15) is 5.26 Å². The monoisotopic (exact) mass is 367 g/mol. The minimum Gasteiger partial charge on any atom is -0.497 e. The van der Waals surface area contributed by atoms with E-state index in [0.29, 0.717) is 11.3 Å². The number of ether oxygens (including phenoxy) is 2. The summed E-state index contributed by atoms with van der Waals surface area (Å²) in [6, 6.07) is 15.1. The lowest BCUT2D eigenvalue weighted by molar-refractivity contribution is 0.369. The Morgan fingerprint density at radius 2 is 2.00 bits per heavy atom. The molecule has 114 valence electrons. The van der Waals surface area contributed by atoms with Crippen molar-refractivity contribution in [2.45, 2.75) is 0 Å². The summed E-state index contributed by atoms with van der Waals surface area (Å²) in [4.78, 5) is 0. The van der Waals surface area contributed by atoms with Gasteiger partial charge in [-0.1, -0.05) is 21.9 Å². The summed E-state index contributed by atoms with van der Waals surface area (Å²) < 4.78 is 11.6.